The van der Waals surface area contributed by atoms with E-state index in [0.29, 0.717) is 41.4 Å². The van der Waals surface area contributed by atoms with Crippen molar-refractivity contribution in [2.45, 2.75) is 13.0 Å². The van der Waals surface area contributed by atoms with E-state index in [-0.39, 0.29) is 17.9 Å². The predicted molar refractivity (Wildman–Crippen MR) is 174 cm³/mol. The Morgan fingerprint density at radius 2 is 1.32 bits per heavy atom. The number of hydrogen-bond donors (Lipinski definition) is 2. The highest BCUT2D eigenvalue weighted by Gasteiger charge is 2.25. The van der Waals surface area contributed by atoms with E-state index in [4.69, 9.17) is 14.2 Å². The number of carbonyl (C=O) groups excluding carboxylic acids is 2. The van der Waals surface area contributed by atoms with Gasteiger partial charge in [0.15, 0.2) is 0 Å². The summed E-state index contributed by atoms with van der Waals surface area (Å²) in [5.74, 6) is 1.24. The van der Waals surface area contributed by atoms with E-state index in [1.165, 1.54) is 7.11 Å². The number of para-hydroxylation sites is 2. The molecule has 0 saturated carbocycles. The molecule has 4 aromatic carbocycles. The molecule has 228 valence electrons. The van der Waals surface area contributed by atoms with E-state index in [2.05, 4.69) is 26.5 Å². The molecule has 1 saturated heterocycles. The Hall–Kier alpha value is -5.18. The summed E-state index contributed by atoms with van der Waals surface area (Å²) in [4.78, 5) is 31.6. The number of piperazine rings is 1. The fourth-order valence-electron chi connectivity index (χ4n) is 5.43. The zero-order valence-corrected chi connectivity index (χ0v) is 25.5. The molecule has 2 N–H and O–H groups in total. The Kier molecular flexibility index (Phi) is 9.54. The first kappa shape index (κ1) is 30.3. The van der Waals surface area contributed by atoms with Crippen molar-refractivity contribution in [3.63, 3.8) is 0 Å². The van der Waals surface area contributed by atoms with Crippen LogP contribution in [0.5, 0.6) is 17.2 Å². The quantitative estimate of drug-likeness (QED) is 0.240. The van der Waals surface area contributed by atoms with Crippen molar-refractivity contribution in [3.05, 3.63) is 108 Å². The van der Waals surface area contributed by atoms with Crippen molar-refractivity contribution >= 4 is 28.9 Å². The van der Waals surface area contributed by atoms with Gasteiger partial charge < -0.3 is 34.6 Å². The third kappa shape index (κ3) is 6.72. The van der Waals surface area contributed by atoms with Gasteiger partial charge in [0.25, 0.3) is 11.8 Å². The Balaban J connectivity index is 1.40. The van der Waals surface area contributed by atoms with Gasteiger partial charge in [-0.3, -0.25) is 9.59 Å². The van der Waals surface area contributed by atoms with Crippen molar-refractivity contribution in [2.75, 3.05) is 62.6 Å². The molecule has 9 heteroatoms. The summed E-state index contributed by atoms with van der Waals surface area (Å²) < 4.78 is 16.3. The zero-order chi connectivity index (χ0) is 31.1. The zero-order valence-electron chi connectivity index (χ0n) is 25.5. The van der Waals surface area contributed by atoms with E-state index in [0.717, 1.165) is 35.8 Å². The topological polar surface area (TPSA) is 92.4 Å². The van der Waals surface area contributed by atoms with Gasteiger partial charge >= 0.3 is 0 Å². The van der Waals surface area contributed by atoms with Crippen molar-refractivity contribution in [1.29, 1.82) is 0 Å². The number of benzene rings is 4. The highest BCUT2D eigenvalue weighted by Crippen LogP contribution is 2.32. The van der Waals surface area contributed by atoms with E-state index in [9.17, 15) is 9.59 Å². The number of nitrogens with one attached hydrogen (secondary N) is 2. The SMILES string of the molecule is COc1ccc(C(=O)Nc2ccc(N3CCN(c4ccccc4OC)CC3)c(C(=O)NC(C)c3ccccc3)c2)c(OC)c1. The minimum atomic E-state index is -0.355. The molecule has 1 aliphatic heterocycles. The van der Waals surface area contributed by atoms with E-state index >= 15 is 0 Å². The second-order valence-electron chi connectivity index (χ2n) is 10.5. The average molecular weight is 595 g/mol. The number of ether oxygens (including phenoxy) is 3. The van der Waals surface area contributed by atoms with E-state index in [1.54, 1.807) is 38.5 Å². The van der Waals surface area contributed by atoms with Crippen LogP contribution in [-0.4, -0.2) is 59.3 Å². The number of amides is 2. The van der Waals surface area contributed by atoms with Crippen LogP contribution in [0.2, 0.25) is 0 Å². The number of methoxy groups -OCH3 is 3. The number of rotatable bonds is 10. The molecule has 1 heterocycles. The standard InChI is InChI=1S/C35H38N4O5/c1-24(25-10-6-5-7-11-25)36-35(41)29-22-26(37-34(40)28-16-15-27(42-2)23-33(28)44-4)14-17-30(29)38-18-20-39(21-19-38)31-12-8-9-13-32(31)43-3/h5-17,22-24H,18-21H2,1-4H3,(H,36,41)(H,37,40). The van der Waals surface area contributed by atoms with Crippen molar-refractivity contribution in [2.24, 2.45) is 0 Å². The fourth-order valence-corrected chi connectivity index (χ4v) is 5.43. The van der Waals surface area contributed by atoms with Crippen molar-refractivity contribution in [3.8, 4) is 17.2 Å². The first-order chi connectivity index (χ1) is 21.4. The molecule has 1 aliphatic rings. The molecule has 5 rings (SSSR count). The number of nitrogens with zero attached hydrogens (tertiary/aromatic N) is 2. The van der Waals surface area contributed by atoms with Crippen LogP contribution >= 0.6 is 0 Å². The first-order valence-electron chi connectivity index (χ1n) is 14.6. The highest BCUT2D eigenvalue weighted by molar-refractivity contribution is 6.08. The van der Waals surface area contributed by atoms with Crippen molar-refractivity contribution < 1.29 is 23.8 Å². The molecule has 2 amide bonds. The summed E-state index contributed by atoms with van der Waals surface area (Å²) in [6.07, 6.45) is 0. The molecule has 4 aromatic rings. The molecule has 9 nitrogen and oxygen atoms in total. The lowest BCUT2D eigenvalue weighted by Crippen LogP contribution is -2.47. The smallest absolute Gasteiger partial charge is 0.259 e. The summed E-state index contributed by atoms with van der Waals surface area (Å²) in [5.41, 5.74) is 4.20. The molecule has 0 bridgehead atoms. The van der Waals surface area contributed by atoms with Gasteiger partial charge in [-0.1, -0.05) is 42.5 Å². The minimum Gasteiger partial charge on any atom is -0.497 e. The van der Waals surface area contributed by atoms with Crippen LogP contribution < -0.4 is 34.6 Å². The van der Waals surface area contributed by atoms with Gasteiger partial charge in [-0.05, 0) is 55.0 Å². The van der Waals surface area contributed by atoms with Crippen LogP contribution in [0.3, 0.4) is 0 Å². The summed E-state index contributed by atoms with van der Waals surface area (Å²) in [6.45, 7) is 4.90. The predicted octanol–water partition coefficient (Wildman–Crippen LogP) is 5.78. The maximum absolute atomic E-state index is 13.8. The van der Waals surface area contributed by atoms with Gasteiger partial charge in [0.05, 0.1) is 44.2 Å². The molecule has 0 spiro atoms. The second kappa shape index (κ2) is 13.9. The lowest BCUT2D eigenvalue weighted by Gasteiger charge is -2.38. The summed E-state index contributed by atoms with van der Waals surface area (Å²) in [7, 11) is 4.74. The number of anilines is 3. The Bertz CT molecular complexity index is 1600. The van der Waals surface area contributed by atoms with Gasteiger partial charge in [-0.2, -0.15) is 0 Å². The minimum absolute atomic E-state index is 0.208. The van der Waals surface area contributed by atoms with E-state index in [1.807, 2.05) is 67.6 Å². The maximum atomic E-state index is 13.8. The second-order valence-corrected chi connectivity index (χ2v) is 10.5. The van der Waals surface area contributed by atoms with Crippen LogP contribution in [0.1, 0.15) is 39.2 Å². The fraction of sp³-hybridized carbons (Fsp3) is 0.257. The summed E-state index contributed by atoms with van der Waals surface area (Å²) >= 11 is 0. The molecular weight excluding hydrogens is 556 g/mol. The van der Waals surface area contributed by atoms with Gasteiger partial charge in [-0.15, -0.1) is 0 Å². The molecule has 0 aliphatic carbocycles. The van der Waals surface area contributed by atoms with E-state index < -0.39 is 0 Å². The normalized spacial score (nSPS) is 13.5. The molecule has 1 unspecified atom stereocenters. The van der Waals surface area contributed by atoms with Crippen LogP contribution in [0, 0.1) is 0 Å². The average Bonchev–Trinajstić information content (AvgIpc) is 3.08. The third-order valence-corrected chi connectivity index (χ3v) is 7.85. The van der Waals surface area contributed by atoms with Crippen molar-refractivity contribution in [1.82, 2.24) is 5.32 Å². The highest BCUT2D eigenvalue weighted by atomic mass is 16.5. The third-order valence-electron chi connectivity index (χ3n) is 7.85. The molecule has 1 fully saturated rings. The molecule has 0 radical (unpaired) electrons. The largest absolute Gasteiger partial charge is 0.497 e. The Morgan fingerprint density at radius 3 is 2.00 bits per heavy atom. The van der Waals surface area contributed by atoms with Crippen LogP contribution in [-0.2, 0) is 0 Å². The summed E-state index contributed by atoms with van der Waals surface area (Å²) in [6, 6.07) is 28.1. The number of carbonyl (C=O) groups is 2. The van der Waals surface area contributed by atoms with Crippen LogP contribution in [0.4, 0.5) is 17.1 Å². The Labute approximate surface area is 258 Å². The van der Waals surface area contributed by atoms with Gasteiger partial charge in [0.2, 0.25) is 0 Å². The maximum Gasteiger partial charge on any atom is 0.259 e. The molecule has 0 aromatic heterocycles. The van der Waals surface area contributed by atoms with Crippen LogP contribution in [0.15, 0.2) is 91.0 Å². The first-order valence-corrected chi connectivity index (χ1v) is 14.6. The Morgan fingerprint density at radius 1 is 0.659 bits per heavy atom. The lowest BCUT2D eigenvalue weighted by atomic mass is 10.1. The molecular formula is C35H38N4O5. The van der Waals surface area contributed by atoms with Gasteiger partial charge in [-0.25, -0.2) is 0 Å². The molecule has 1 atom stereocenters. The lowest BCUT2D eigenvalue weighted by molar-refractivity contribution is 0.0939. The van der Waals surface area contributed by atoms with Gasteiger partial charge in [0.1, 0.15) is 17.2 Å². The number of hydrogen-bond acceptors (Lipinski definition) is 7. The molecule has 44 heavy (non-hydrogen) atoms. The van der Waals surface area contributed by atoms with Gasteiger partial charge in [0, 0.05) is 43.6 Å². The summed E-state index contributed by atoms with van der Waals surface area (Å²) in [5, 5.41) is 6.09. The van der Waals surface area contributed by atoms with Crippen LogP contribution in [0.25, 0.3) is 0 Å². The monoisotopic (exact) mass is 594 g/mol.